The Morgan fingerprint density at radius 2 is 1.62 bits per heavy atom. The SMILES string of the molecule is CCOCOC(=O)CC(=O)OCC. The molecule has 0 amide bonds. The van der Waals surface area contributed by atoms with Gasteiger partial charge < -0.3 is 14.2 Å². The molecule has 0 saturated heterocycles. The Balaban J connectivity index is 3.44. The van der Waals surface area contributed by atoms with Gasteiger partial charge in [-0.25, -0.2) is 0 Å². The van der Waals surface area contributed by atoms with Crippen LogP contribution in [0.25, 0.3) is 0 Å². The highest BCUT2D eigenvalue weighted by molar-refractivity contribution is 5.91. The van der Waals surface area contributed by atoms with Crippen LogP contribution in [0.1, 0.15) is 20.3 Å². The summed E-state index contributed by atoms with van der Waals surface area (Å²) in [6.07, 6.45) is -0.360. The highest BCUT2D eigenvalue weighted by Gasteiger charge is 2.10. The van der Waals surface area contributed by atoms with E-state index < -0.39 is 11.9 Å². The zero-order chi connectivity index (χ0) is 10.1. The van der Waals surface area contributed by atoms with E-state index in [0.717, 1.165) is 0 Å². The molecule has 0 aliphatic carbocycles. The first-order valence-corrected chi connectivity index (χ1v) is 4.09. The molecule has 0 aliphatic heterocycles. The highest BCUT2D eigenvalue weighted by atomic mass is 16.7. The van der Waals surface area contributed by atoms with Crippen molar-refractivity contribution in [2.24, 2.45) is 0 Å². The van der Waals surface area contributed by atoms with Crippen LogP contribution >= 0.6 is 0 Å². The molecule has 0 aromatic heterocycles. The molecule has 0 N–H and O–H groups in total. The van der Waals surface area contributed by atoms with Gasteiger partial charge in [-0.15, -0.1) is 0 Å². The van der Waals surface area contributed by atoms with Gasteiger partial charge in [0, 0.05) is 6.61 Å². The molecule has 0 fully saturated rings. The van der Waals surface area contributed by atoms with Gasteiger partial charge in [0.05, 0.1) is 6.61 Å². The minimum absolute atomic E-state index is 0.116. The van der Waals surface area contributed by atoms with Crippen molar-refractivity contribution in [1.82, 2.24) is 0 Å². The number of rotatable bonds is 6. The summed E-state index contributed by atoms with van der Waals surface area (Å²) in [5.74, 6) is -1.21. The topological polar surface area (TPSA) is 61.8 Å². The summed E-state index contributed by atoms with van der Waals surface area (Å²) in [7, 11) is 0. The molecule has 5 nitrogen and oxygen atoms in total. The Morgan fingerprint density at radius 3 is 2.15 bits per heavy atom. The molecule has 76 valence electrons. The maximum Gasteiger partial charge on any atom is 0.319 e. The molecular weight excluding hydrogens is 176 g/mol. The van der Waals surface area contributed by atoms with E-state index in [9.17, 15) is 9.59 Å². The first kappa shape index (κ1) is 11.9. The van der Waals surface area contributed by atoms with Crippen molar-refractivity contribution < 1.29 is 23.8 Å². The maximum absolute atomic E-state index is 10.8. The first-order valence-electron chi connectivity index (χ1n) is 4.09. The first-order chi connectivity index (χ1) is 6.20. The van der Waals surface area contributed by atoms with Gasteiger partial charge in [-0.05, 0) is 13.8 Å². The average molecular weight is 190 g/mol. The molecule has 0 spiro atoms. The third kappa shape index (κ3) is 7.27. The van der Waals surface area contributed by atoms with Gasteiger partial charge in [0.2, 0.25) is 0 Å². The standard InChI is InChI=1S/C8H14O5/c1-3-11-6-13-8(10)5-7(9)12-4-2/h3-6H2,1-2H3. The molecule has 0 unspecified atom stereocenters. The van der Waals surface area contributed by atoms with E-state index in [1.54, 1.807) is 13.8 Å². The summed E-state index contributed by atoms with van der Waals surface area (Å²) >= 11 is 0. The normalized spacial score (nSPS) is 9.38. The van der Waals surface area contributed by atoms with E-state index in [2.05, 4.69) is 9.47 Å². The second-order valence-electron chi connectivity index (χ2n) is 2.11. The maximum atomic E-state index is 10.8. The second-order valence-corrected chi connectivity index (χ2v) is 2.11. The average Bonchev–Trinajstić information content (AvgIpc) is 2.05. The van der Waals surface area contributed by atoms with Crippen LogP contribution in [0.15, 0.2) is 0 Å². The van der Waals surface area contributed by atoms with Crippen LogP contribution in [0.2, 0.25) is 0 Å². The van der Waals surface area contributed by atoms with Gasteiger partial charge in [0.15, 0.2) is 6.79 Å². The monoisotopic (exact) mass is 190 g/mol. The number of carbonyl (C=O) groups is 2. The van der Waals surface area contributed by atoms with E-state index in [0.29, 0.717) is 6.61 Å². The van der Waals surface area contributed by atoms with Gasteiger partial charge in [-0.1, -0.05) is 0 Å². The van der Waals surface area contributed by atoms with Crippen LogP contribution in [-0.2, 0) is 23.8 Å². The summed E-state index contributed by atoms with van der Waals surface area (Å²) in [5.41, 5.74) is 0. The second kappa shape index (κ2) is 7.54. The highest BCUT2D eigenvalue weighted by Crippen LogP contribution is 1.90. The van der Waals surface area contributed by atoms with Crippen molar-refractivity contribution in [2.75, 3.05) is 20.0 Å². The van der Waals surface area contributed by atoms with Crippen LogP contribution in [-0.4, -0.2) is 31.9 Å². The third-order valence-electron chi connectivity index (χ3n) is 1.10. The van der Waals surface area contributed by atoms with Crippen molar-refractivity contribution in [3.05, 3.63) is 0 Å². The summed E-state index contributed by atoms with van der Waals surface area (Å²) in [5, 5.41) is 0. The van der Waals surface area contributed by atoms with Crippen molar-refractivity contribution in [3.8, 4) is 0 Å². The van der Waals surface area contributed by atoms with Gasteiger partial charge in [-0.3, -0.25) is 9.59 Å². The summed E-state index contributed by atoms with van der Waals surface area (Å²) in [4.78, 5) is 21.5. The lowest BCUT2D eigenvalue weighted by Gasteiger charge is -2.03. The van der Waals surface area contributed by atoms with Gasteiger partial charge in [0.1, 0.15) is 6.42 Å². The van der Waals surface area contributed by atoms with E-state index in [1.165, 1.54) is 0 Å². The van der Waals surface area contributed by atoms with E-state index in [4.69, 9.17) is 4.74 Å². The minimum Gasteiger partial charge on any atom is -0.466 e. The molecule has 0 bridgehead atoms. The minimum atomic E-state index is -0.632. The van der Waals surface area contributed by atoms with Crippen LogP contribution in [0.3, 0.4) is 0 Å². The molecule has 0 aromatic carbocycles. The van der Waals surface area contributed by atoms with Crippen LogP contribution in [0.5, 0.6) is 0 Å². The summed E-state index contributed by atoms with van der Waals surface area (Å²) < 4.78 is 13.8. The van der Waals surface area contributed by atoms with Crippen LogP contribution in [0, 0.1) is 0 Å². The fourth-order valence-electron chi connectivity index (χ4n) is 0.572. The molecule has 0 saturated carbocycles. The Kier molecular flexibility index (Phi) is 6.91. The smallest absolute Gasteiger partial charge is 0.319 e. The number of ether oxygens (including phenoxy) is 3. The molecule has 0 aromatic rings. The molecule has 0 heterocycles. The van der Waals surface area contributed by atoms with Crippen LogP contribution in [0.4, 0.5) is 0 Å². The Labute approximate surface area is 77.0 Å². The summed E-state index contributed by atoms with van der Waals surface area (Å²) in [6.45, 7) is 4.06. The molecule has 0 radical (unpaired) electrons. The predicted molar refractivity (Wildman–Crippen MR) is 43.8 cm³/mol. The Hall–Kier alpha value is -1.10. The fourth-order valence-corrected chi connectivity index (χ4v) is 0.572. The molecule has 0 rings (SSSR count). The van der Waals surface area contributed by atoms with Crippen molar-refractivity contribution in [1.29, 1.82) is 0 Å². The lowest BCUT2D eigenvalue weighted by Crippen LogP contribution is -2.15. The molecular formula is C8H14O5. The largest absolute Gasteiger partial charge is 0.466 e. The summed E-state index contributed by atoms with van der Waals surface area (Å²) in [6, 6.07) is 0. The molecule has 13 heavy (non-hydrogen) atoms. The van der Waals surface area contributed by atoms with Gasteiger partial charge >= 0.3 is 11.9 Å². The third-order valence-corrected chi connectivity index (χ3v) is 1.10. The van der Waals surface area contributed by atoms with E-state index in [-0.39, 0.29) is 19.8 Å². The quantitative estimate of drug-likeness (QED) is 0.264. The number of carbonyl (C=O) groups excluding carboxylic acids is 2. The van der Waals surface area contributed by atoms with E-state index in [1.807, 2.05) is 0 Å². The zero-order valence-corrected chi connectivity index (χ0v) is 7.87. The number of hydrogen-bond donors (Lipinski definition) is 0. The lowest BCUT2D eigenvalue weighted by molar-refractivity contribution is -0.162. The molecule has 0 aliphatic rings. The lowest BCUT2D eigenvalue weighted by atomic mass is 10.4. The predicted octanol–water partition coefficient (Wildman–Crippen LogP) is 0.477. The zero-order valence-electron chi connectivity index (χ0n) is 7.87. The van der Waals surface area contributed by atoms with Gasteiger partial charge in [0.25, 0.3) is 0 Å². The molecule has 0 atom stereocenters. The van der Waals surface area contributed by atoms with Crippen LogP contribution < -0.4 is 0 Å². The van der Waals surface area contributed by atoms with Crippen molar-refractivity contribution in [3.63, 3.8) is 0 Å². The fraction of sp³-hybridized carbons (Fsp3) is 0.750. The Morgan fingerprint density at radius 1 is 1.00 bits per heavy atom. The number of hydrogen-bond acceptors (Lipinski definition) is 5. The number of esters is 2. The Bertz CT molecular complexity index is 166. The molecule has 5 heteroatoms. The van der Waals surface area contributed by atoms with Crippen molar-refractivity contribution in [2.45, 2.75) is 20.3 Å². The van der Waals surface area contributed by atoms with Gasteiger partial charge in [-0.2, -0.15) is 0 Å². The van der Waals surface area contributed by atoms with E-state index >= 15 is 0 Å². The van der Waals surface area contributed by atoms with Crippen molar-refractivity contribution >= 4 is 11.9 Å².